The normalized spacial score (nSPS) is 8.89. The Morgan fingerprint density at radius 1 is 1.44 bits per heavy atom. The van der Waals surface area contributed by atoms with Gasteiger partial charge < -0.3 is 10.3 Å². The van der Waals surface area contributed by atoms with Gasteiger partial charge in [0, 0.05) is 7.11 Å². The van der Waals surface area contributed by atoms with Crippen molar-refractivity contribution in [1.29, 1.82) is 0 Å². The molecule has 3 heteroatoms. The third-order valence-corrected chi connectivity index (χ3v) is 0.612. The van der Waals surface area contributed by atoms with E-state index < -0.39 is 0 Å². The Kier molecular flexibility index (Phi) is 6.80. The van der Waals surface area contributed by atoms with Crippen molar-refractivity contribution in [3.05, 3.63) is 5.53 Å². The molecule has 0 saturated heterocycles. The van der Waals surface area contributed by atoms with E-state index in [1.807, 2.05) is 20.8 Å². The van der Waals surface area contributed by atoms with Gasteiger partial charge in [0.05, 0.1) is 5.60 Å². The van der Waals surface area contributed by atoms with Gasteiger partial charge in [0.25, 0.3) is 0 Å². The summed E-state index contributed by atoms with van der Waals surface area (Å²) in [6, 6.07) is 0. The second-order valence-corrected chi connectivity index (χ2v) is 2.46. The third-order valence-electron chi connectivity index (χ3n) is 0.612. The minimum Gasteiger partial charge on any atom is -0.379 e. The number of hydrogen-bond acceptors (Lipinski definition) is 1. The predicted octanol–water partition coefficient (Wildman–Crippen LogP) is 1.35. The van der Waals surface area contributed by atoms with Crippen molar-refractivity contribution < 1.29 is 9.53 Å². The summed E-state index contributed by atoms with van der Waals surface area (Å²) >= 11 is 0. The van der Waals surface area contributed by atoms with Gasteiger partial charge in [-0.25, -0.2) is 0 Å². The van der Waals surface area contributed by atoms with Crippen molar-refractivity contribution in [1.82, 2.24) is 0 Å². The molecular formula is C6H14N2O. The second-order valence-electron chi connectivity index (χ2n) is 2.46. The van der Waals surface area contributed by atoms with E-state index in [0.29, 0.717) is 0 Å². The molecule has 3 nitrogen and oxygen atoms in total. The van der Waals surface area contributed by atoms with Crippen LogP contribution in [0.1, 0.15) is 20.8 Å². The monoisotopic (exact) mass is 130 g/mol. The molecule has 9 heavy (non-hydrogen) atoms. The van der Waals surface area contributed by atoms with Gasteiger partial charge in [-0.15, -0.1) is 0 Å². The van der Waals surface area contributed by atoms with Gasteiger partial charge in [-0.3, -0.25) is 0 Å². The molecule has 0 saturated carbocycles. The summed E-state index contributed by atoms with van der Waals surface area (Å²) < 4.78 is 4.94. The maximum atomic E-state index is 7.08. The Labute approximate surface area is 56.3 Å². The summed E-state index contributed by atoms with van der Waals surface area (Å²) in [7, 11) is 1.71. The van der Waals surface area contributed by atoms with Gasteiger partial charge in [-0.05, 0) is 20.8 Å². The van der Waals surface area contributed by atoms with E-state index >= 15 is 0 Å². The number of hydrogen-bond donors (Lipinski definition) is 0. The lowest BCUT2D eigenvalue weighted by Gasteiger charge is -2.14. The van der Waals surface area contributed by atoms with Crippen LogP contribution in [-0.4, -0.2) is 24.2 Å². The smallest absolute Gasteiger partial charge is 0.245 e. The van der Waals surface area contributed by atoms with Crippen LogP contribution in [0.5, 0.6) is 0 Å². The molecule has 0 atom stereocenters. The number of methoxy groups -OCH3 is 1. The van der Waals surface area contributed by atoms with Crippen molar-refractivity contribution in [2.45, 2.75) is 26.4 Å². The van der Waals surface area contributed by atoms with E-state index in [0.717, 1.165) is 0 Å². The van der Waals surface area contributed by atoms with E-state index in [1.165, 1.54) is 0 Å². The highest BCUT2D eigenvalue weighted by Gasteiger charge is 2.03. The van der Waals surface area contributed by atoms with Crippen LogP contribution in [0.2, 0.25) is 0 Å². The fraction of sp³-hybridized carbons (Fsp3) is 0.833. The maximum Gasteiger partial charge on any atom is 0.245 e. The first-order valence-electron chi connectivity index (χ1n) is 2.63. The summed E-state index contributed by atoms with van der Waals surface area (Å²) in [6.45, 7) is 8.73. The summed E-state index contributed by atoms with van der Waals surface area (Å²) in [5.74, 6) is 0. The average Bonchev–Trinajstić information content (AvgIpc) is 1.67. The zero-order valence-electron chi connectivity index (χ0n) is 6.51. The molecule has 0 bridgehead atoms. The van der Waals surface area contributed by atoms with Crippen LogP contribution < -0.4 is 0 Å². The van der Waals surface area contributed by atoms with Crippen LogP contribution in [0, 0.1) is 0 Å². The summed E-state index contributed by atoms with van der Waals surface area (Å²) in [5, 5.41) is 0. The SMILES string of the molecule is C=[N+]=[N-].COC(C)(C)C. The zero-order chi connectivity index (χ0) is 7.91. The minimum atomic E-state index is 0.0417. The molecule has 0 rings (SSSR count). The molecule has 54 valence electrons. The Morgan fingerprint density at radius 3 is 1.56 bits per heavy atom. The Morgan fingerprint density at radius 2 is 1.56 bits per heavy atom. The molecule has 0 aliphatic heterocycles. The van der Waals surface area contributed by atoms with Crippen molar-refractivity contribution in [2.24, 2.45) is 0 Å². The van der Waals surface area contributed by atoms with Crippen LogP contribution in [-0.2, 0) is 4.74 Å². The van der Waals surface area contributed by atoms with E-state index in [1.54, 1.807) is 7.11 Å². The van der Waals surface area contributed by atoms with Gasteiger partial charge in [0.2, 0.25) is 6.72 Å². The molecule has 0 aromatic heterocycles. The van der Waals surface area contributed by atoms with Crippen molar-refractivity contribution in [2.75, 3.05) is 7.11 Å². The fourth-order valence-corrected chi connectivity index (χ4v) is 0. The number of rotatable bonds is 0. The molecular weight excluding hydrogens is 116 g/mol. The van der Waals surface area contributed by atoms with Gasteiger partial charge in [-0.2, -0.15) is 4.79 Å². The standard InChI is InChI=1S/C5H12O.CH2N2/c1-5(2,3)6-4;1-3-2/h1-4H3;1H2. The molecule has 0 aromatic carbocycles. The highest BCUT2D eigenvalue weighted by molar-refractivity contribution is 5.12. The van der Waals surface area contributed by atoms with Gasteiger partial charge in [0.1, 0.15) is 0 Å². The van der Waals surface area contributed by atoms with Crippen LogP contribution in [0.15, 0.2) is 0 Å². The topological polar surface area (TPSA) is 45.6 Å². The molecule has 0 aromatic rings. The first kappa shape index (κ1) is 11.2. The summed E-state index contributed by atoms with van der Waals surface area (Å²) in [4.78, 5) is 2.25. The Bertz CT molecular complexity index is 87.7. The lowest BCUT2D eigenvalue weighted by Crippen LogP contribution is -2.15. The Balaban J connectivity index is 0. The third kappa shape index (κ3) is 38.2. The van der Waals surface area contributed by atoms with Crippen LogP contribution in [0.25, 0.3) is 5.53 Å². The number of ether oxygens (including phenoxy) is 1. The van der Waals surface area contributed by atoms with Crippen LogP contribution in [0.4, 0.5) is 0 Å². The molecule has 0 aliphatic carbocycles. The van der Waals surface area contributed by atoms with E-state index in [2.05, 4.69) is 11.5 Å². The molecule has 0 heterocycles. The predicted molar refractivity (Wildman–Crippen MR) is 37.5 cm³/mol. The molecule has 0 radical (unpaired) electrons. The molecule has 0 fully saturated rings. The number of nitrogens with zero attached hydrogens (tertiary/aromatic N) is 2. The van der Waals surface area contributed by atoms with Crippen molar-refractivity contribution in [3.63, 3.8) is 0 Å². The first-order valence-corrected chi connectivity index (χ1v) is 2.63. The molecule has 0 spiro atoms. The maximum absolute atomic E-state index is 7.08. The molecule has 0 unspecified atom stereocenters. The molecule has 0 amide bonds. The van der Waals surface area contributed by atoms with E-state index in [-0.39, 0.29) is 5.60 Å². The first-order chi connectivity index (χ1) is 3.97. The molecule has 0 N–H and O–H groups in total. The van der Waals surface area contributed by atoms with E-state index in [9.17, 15) is 0 Å². The van der Waals surface area contributed by atoms with Gasteiger partial charge >= 0.3 is 0 Å². The lowest BCUT2D eigenvalue weighted by molar-refractivity contribution is 0.0110. The lowest BCUT2D eigenvalue weighted by atomic mass is 10.2. The second kappa shape index (κ2) is 5.48. The van der Waals surface area contributed by atoms with Crippen LogP contribution >= 0.6 is 0 Å². The summed E-state index contributed by atoms with van der Waals surface area (Å²) in [5.41, 5.74) is 7.12. The van der Waals surface area contributed by atoms with Crippen molar-refractivity contribution in [3.8, 4) is 0 Å². The fourth-order valence-electron chi connectivity index (χ4n) is 0. The average molecular weight is 130 g/mol. The van der Waals surface area contributed by atoms with Gasteiger partial charge in [0.15, 0.2) is 0 Å². The van der Waals surface area contributed by atoms with Gasteiger partial charge in [-0.1, -0.05) is 0 Å². The highest BCUT2D eigenvalue weighted by Crippen LogP contribution is 2.02. The van der Waals surface area contributed by atoms with Crippen molar-refractivity contribution >= 4 is 6.72 Å². The highest BCUT2D eigenvalue weighted by atomic mass is 16.5. The van der Waals surface area contributed by atoms with Crippen LogP contribution in [0.3, 0.4) is 0 Å². The summed E-state index contributed by atoms with van der Waals surface area (Å²) in [6.07, 6.45) is 0. The quantitative estimate of drug-likeness (QED) is 0.277. The van der Waals surface area contributed by atoms with E-state index in [4.69, 9.17) is 10.3 Å². The zero-order valence-corrected chi connectivity index (χ0v) is 6.51. The largest absolute Gasteiger partial charge is 0.379 e. The minimum absolute atomic E-state index is 0.0417. The molecule has 0 aliphatic rings. The Hall–Kier alpha value is -0.660.